The van der Waals surface area contributed by atoms with Gasteiger partial charge in [-0.25, -0.2) is 0 Å². The maximum atomic E-state index is 12.4. The van der Waals surface area contributed by atoms with Gasteiger partial charge in [0, 0.05) is 27.7 Å². The molecule has 1 aliphatic heterocycles. The van der Waals surface area contributed by atoms with Gasteiger partial charge in [-0.15, -0.1) is 0 Å². The Morgan fingerprint density at radius 1 is 1.59 bits per heavy atom. The highest BCUT2D eigenvalue weighted by molar-refractivity contribution is 14.1. The molecular weight excluding hydrogens is 395 g/mol. The maximum absolute atomic E-state index is 12.4. The fourth-order valence-corrected chi connectivity index (χ4v) is 2.89. The lowest BCUT2D eigenvalue weighted by Crippen LogP contribution is -2.38. The van der Waals surface area contributed by atoms with Gasteiger partial charge in [-0.05, 0) is 69.7 Å². The zero-order valence-electron chi connectivity index (χ0n) is 9.54. The Balaban J connectivity index is 2.20. The molecule has 1 fully saturated rings. The van der Waals surface area contributed by atoms with Crippen LogP contribution < -0.4 is 5.32 Å². The van der Waals surface area contributed by atoms with E-state index in [4.69, 9.17) is 0 Å². The van der Waals surface area contributed by atoms with E-state index in [1.165, 1.54) is 0 Å². The number of nitrogens with one attached hydrogen (secondary N) is 1. The topological polar surface area (TPSA) is 32.3 Å². The van der Waals surface area contributed by atoms with Gasteiger partial charge in [0.2, 0.25) is 0 Å². The minimum atomic E-state index is 0.0871. The molecule has 1 amide bonds. The van der Waals surface area contributed by atoms with E-state index in [2.05, 4.69) is 43.8 Å². The first-order valence-electron chi connectivity index (χ1n) is 5.52. The predicted molar refractivity (Wildman–Crippen MR) is 80.2 cm³/mol. The van der Waals surface area contributed by atoms with Gasteiger partial charge in [0.05, 0.1) is 5.56 Å². The van der Waals surface area contributed by atoms with Crippen LogP contribution in [0.4, 0.5) is 0 Å². The van der Waals surface area contributed by atoms with Crippen molar-refractivity contribution in [1.82, 2.24) is 10.2 Å². The highest BCUT2D eigenvalue weighted by Crippen LogP contribution is 2.22. The van der Waals surface area contributed by atoms with E-state index in [1.54, 1.807) is 0 Å². The molecule has 1 saturated heterocycles. The van der Waals surface area contributed by atoms with Crippen molar-refractivity contribution in [1.29, 1.82) is 0 Å². The van der Waals surface area contributed by atoms with Gasteiger partial charge in [-0.2, -0.15) is 0 Å². The summed E-state index contributed by atoms with van der Waals surface area (Å²) in [7, 11) is 1.88. The number of carbonyl (C=O) groups excluding carboxylic acids is 1. The summed E-state index contributed by atoms with van der Waals surface area (Å²) in [5.74, 6) is 0.0871. The van der Waals surface area contributed by atoms with E-state index >= 15 is 0 Å². The Morgan fingerprint density at radius 2 is 2.35 bits per heavy atom. The monoisotopic (exact) mass is 408 g/mol. The molecule has 5 heteroatoms. The Bertz CT molecular complexity index is 433. The van der Waals surface area contributed by atoms with Crippen LogP contribution in [0.2, 0.25) is 0 Å². The average Bonchev–Trinajstić information content (AvgIpc) is 2.84. The number of carbonyl (C=O) groups is 1. The molecule has 1 heterocycles. The largest absolute Gasteiger partial charge is 0.337 e. The molecule has 0 saturated carbocycles. The van der Waals surface area contributed by atoms with Gasteiger partial charge in [0.1, 0.15) is 0 Å². The molecule has 1 aromatic carbocycles. The maximum Gasteiger partial charge on any atom is 0.255 e. The van der Waals surface area contributed by atoms with Crippen molar-refractivity contribution in [2.45, 2.75) is 12.5 Å². The second kappa shape index (κ2) is 5.67. The molecule has 1 aliphatic rings. The van der Waals surface area contributed by atoms with Crippen LogP contribution in [0.5, 0.6) is 0 Å². The van der Waals surface area contributed by atoms with Gasteiger partial charge in [0.25, 0.3) is 5.91 Å². The number of benzene rings is 1. The quantitative estimate of drug-likeness (QED) is 0.762. The van der Waals surface area contributed by atoms with Gasteiger partial charge < -0.3 is 10.2 Å². The molecule has 1 unspecified atom stereocenters. The summed E-state index contributed by atoms with van der Waals surface area (Å²) in [4.78, 5) is 14.2. The minimum Gasteiger partial charge on any atom is -0.337 e. The normalized spacial score (nSPS) is 19.4. The number of hydrogen-bond donors (Lipinski definition) is 1. The molecule has 1 atom stereocenters. The second-order valence-electron chi connectivity index (χ2n) is 4.19. The summed E-state index contributed by atoms with van der Waals surface area (Å²) in [6.45, 7) is 1.89. The summed E-state index contributed by atoms with van der Waals surface area (Å²) in [5, 5.41) is 3.28. The van der Waals surface area contributed by atoms with Crippen molar-refractivity contribution in [3.63, 3.8) is 0 Å². The molecule has 17 heavy (non-hydrogen) atoms. The van der Waals surface area contributed by atoms with E-state index in [1.807, 2.05) is 30.1 Å². The Morgan fingerprint density at radius 3 is 3.00 bits per heavy atom. The van der Waals surface area contributed by atoms with E-state index in [0.717, 1.165) is 33.1 Å². The molecule has 2 rings (SSSR count). The first kappa shape index (κ1) is 13.3. The van der Waals surface area contributed by atoms with Crippen LogP contribution in [-0.2, 0) is 0 Å². The van der Waals surface area contributed by atoms with Gasteiger partial charge in [0.15, 0.2) is 0 Å². The zero-order valence-corrected chi connectivity index (χ0v) is 13.3. The molecule has 0 bridgehead atoms. The molecule has 0 radical (unpaired) electrons. The highest BCUT2D eigenvalue weighted by Gasteiger charge is 2.25. The lowest BCUT2D eigenvalue weighted by molar-refractivity contribution is 0.0743. The summed E-state index contributed by atoms with van der Waals surface area (Å²) < 4.78 is 1.94. The van der Waals surface area contributed by atoms with Crippen LogP contribution in [0.25, 0.3) is 0 Å². The van der Waals surface area contributed by atoms with E-state index in [0.29, 0.717) is 6.04 Å². The summed E-state index contributed by atoms with van der Waals surface area (Å²) >= 11 is 5.66. The summed E-state index contributed by atoms with van der Waals surface area (Å²) in [6.07, 6.45) is 1.03. The molecule has 92 valence electrons. The third-order valence-electron chi connectivity index (χ3n) is 3.06. The first-order chi connectivity index (χ1) is 8.09. The van der Waals surface area contributed by atoms with Gasteiger partial charge >= 0.3 is 0 Å². The zero-order chi connectivity index (χ0) is 12.4. The molecular formula is C12H14BrIN2O. The highest BCUT2D eigenvalue weighted by atomic mass is 127. The van der Waals surface area contributed by atoms with Crippen molar-refractivity contribution < 1.29 is 4.79 Å². The molecule has 3 nitrogen and oxygen atoms in total. The molecule has 0 spiro atoms. The van der Waals surface area contributed by atoms with Crippen LogP contribution in [0.15, 0.2) is 22.7 Å². The fraction of sp³-hybridized carbons (Fsp3) is 0.417. The number of halogens is 2. The van der Waals surface area contributed by atoms with Gasteiger partial charge in [-0.1, -0.05) is 0 Å². The van der Waals surface area contributed by atoms with Crippen LogP contribution in [0, 0.1) is 3.57 Å². The second-order valence-corrected chi connectivity index (χ2v) is 6.29. The number of hydrogen-bond acceptors (Lipinski definition) is 2. The van der Waals surface area contributed by atoms with E-state index in [9.17, 15) is 4.79 Å². The summed E-state index contributed by atoms with van der Waals surface area (Å²) in [5.41, 5.74) is 0.742. The number of amides is 1. The van der Waals surface area contributed by atoms with Crippen molar-refractivity contribution in [3.8, 4) is 0 Å². The van der Waals surface area contributed by atoms with Gasteiger partial charge in [-0.3, -0.25) is 4.79 Å². The molecule has 0 aliphatic carbocycles. The fourth-order valence-electron chi connectivity index (χ4n) is 1.99. The van der Waals surface area contributed by atoms with Crippen molar-refractivity contribution >= 4 is 44.4 Å². The Kier molecular flexibility index (Phi) is 4.43. The first-order valence-corrected chi connectivity index (χ1v) is 7.39. The molecule has 1 aromatic rings. The number of nitrogens with zero attached hydrogens (tertiary/aromatic N) is 1. The standard InChI is InChI=1S/C12H14BrIN2O/c1-16(9-4-5-15-7-9)12(17)10-6-8(14)2-3-11(10)13/h2-3,6,9,15H,4-5,7H2,1H3. The average molecular weight is 409 g/mol. The number of rotatable bonds is 2. The van der Waals surface area contributed by atoms with E-state index in [-0.39, 0.29) is 5.91 Å². The predicted octanol–water partition coefficient (Wildman–Crippen LogP) is 2.49. The van der Waals surface area contributed by atoms with E-state index < -0.39 is 0 Å². The summed E-state index contributed by atoms with van der Waals surface area (Å²) in [6, 6.07) is 6.15. The van der Waals surface area contributed by atoms with Crippen LogP contribution in [0.1, 0.15) is 16.8 Å². The van der Waals surface area contributed by atoms with Crippen LogP contribution in [0.3, 0.4) is 0 Å². The third-order valence-corrected chi connectivity index (χ3v) is 4.42. The minimum absolute atomic E-state index is 0.0871. The molecule has 1 N–H and O–H groups in total. The van der Waals surface area contributed by atoms with Crippen molar-refractivity contribution in [3.05, 3.63) is 31.8 Å². The smallest absolute Gasteiger partial charge is 0.255 e. The van der Waals surface area contributed by atoms with Crippen LogP contribution in [-0.4, -0.2) is 37.0 Å². The molecule has 0 aromatic heterocycles. The lowest BCUT2D eigenvalue weighted by Gasteiger charge is -2.24. The number of likely N-dealkylation sites (N-methyl/N-ethyl adjacent to an activating group) is 1. The SMILES string of the molecule is CN(C(=O)c1cc(I)ccc1Br)C1CCNC1. The van der Waals surface area contributed by atoms with Crippen molar-refractivity contribution in [2.24, 2.45) is 0 Å². The van der Waals surface area contributed by atoms with Crippen molar-refractivity contribution in [2.75, 3.05) is 20.1 Å². The lowest BCUT2D eigenvalue weighted by atomic mass is 10.1. The van der Waals surface area contributed by atoms with Crippen LogP contribution >= 0.6 is 38.5 Å². The Labute approximate surface area is 123 Å². The Hall–Kier alpha value is -0.140. The third kappa shape index (κ3) is 3.00.